The van der Waals surface area contributed by atoms with Crippen molar-refractivity contribution in [2.24, 2.45) is 0 Å². The molecule has 1 aromatic rings. The number of thiophene rings is 1. The van der Waals surface area contributed by atoms with E-state index in [0.717, 1.165) is 6.29 Å². The van der Waals surface area contributed by atoms with Gasteiger partial charge in [0.25, 0.3) is 0 Å². The molecule has 72 valence electrons. The first-order valence-corrected chi connectivity index (χ1v) is 4.79. The first-order valence-electron chi connectivity index (χ1n) is 3.85. The molecule has 0 aliphatic rings. The third kappa shape index (κ3) is 2.71. The minimum atomic E-state index is -0.375. The summed E-state index contributed by atoms with van der Waals surface area (Å²) in [6.07, 6.45) is 0.795. The molecule has 0 N–H and O–H groups in total. The van der Waals surface area contributed by atoms with Crippen LogP contribution in [0.15, 0.2) is 10.8 Å². The highest BCUT2D eigenvalue weighted by Crippen LogP contribution is 2.11. The quantitative estimate of drug-likeness (QED) is 0.420. The van der Waals surface area contributed by atoms with Gasteiger partial charge in [-0.1, -0.05) is 11.8 Å². The Morgan fingerprint density at radius 3 is 3.07 bits per heavy atom. The van der Waals surface area contributed by atoms with E-state index in [0.29, 0.717) is 11.1 Å². The van der Waals surface area contributed by atoms with E-state index in [9.17, 15) is 9.59 Å². The van der Waals surface area contributed by atoms with Crippen molar-refractivity contribution in [3.05, 3.63) is 21.9 Å². The number of hydrogen-bond donors (Lipinski definition) is 0. The standard InChI is InChI=1S/C10H8O3S/c1-13-10(12)4-2-3-8-6-14-7-9(8)5-11/h5-7H,4H2,1H3. The Labute approximate surface area is 85.7 Å². The van der Waals surface area contributed by atoms with Crippen molar-refractivity contribution >= 4 is 23.6 Å². The molecule has 0 spiro atoms. The van der Waals surface area contributed by atoms with Gasteiger partial charge in [-0.05, 0) is 0 Å². The lowest BCUT2D eigenvalue weighted by Crippen LogP contribution is -1.97. The molecule has 0 radical (unpaired) electrons. The number of rotatable bonds is 2. The number of esters is 1. The molecule has 0 bridgehead atoms. The Morgan fingerprint density at radius 1 is 1.64 bits per heavy atom. The van der Waals surface area contributed by atoms with Crippen molar-refractivity contribution in [3.8, 4) is 11.8 Å². The van der Waals surface area contributed by atoms with Gasteiger partial charge in [-0.25, -0.2) is 0 Å². The van der Waals surface area contributed by atoms with Gasteiger partial charge in [0.05, 0.1) is 7.11 Å². The van der Waals surface area contributed by atoms with Gasteiger partial charge in [0.1, 0.15) is 6.42 Å². The normalized spacial score (nSPS) is 8.64. The molecular weight excluding hydrogens is 200 g/mol. The van der Waals surface area contributed by atoms with Crippen LogP contribution in [0.4, 0.5) is 0 Å². The molecule has 0 aromatic carbocycles. The minimum Gasteiger partial charge on any atom is -0.468 e. The number of methoxy groups -OCH3 is 1. The van der Waals surface area contributed by atoms with Gasteiger partial charge in [-0.15, -0.1) is 0 Å². The summed E-state index contributed by atoms with van der Waals surface area (Å²) in [7, 11) is 1.31. The third-order valence-electron chi connectivity index (χ3n) is 1.50. The minimum absolute atomic E-state index is 0.0463. The summed E-state index contributed by atoms with van der Waals surface area (Å²) in [4.78, 5) is 21.2. The summed E-state index contributed by atoms with van der Waals surface area (Å²) in [6, 6.07) is 0. The summed E-state index contributed by atoms with van der Waals surface area (Å²) in [6.45, 7) is 0. The number of ether oxygens (including phenoxy) is 1. The number of aldehydes is 1. The average molecular weight is 208 g/mol. The molecule has 0 aliphatic carbocycles. The van der Waals surface area contributed by atoms with E-state index in [-0.39, 0.29) is 12.4 Å². The van der Waals surface area contributed by atoms with Crippen LogP contribution in [-0.2, 0) is 9.53 Å². The second kappa shape index (κ2) is 5.20. The zero-order valence-electron chi connectivity index (χ0n) is 7.57. The van der Waals surface area contributed by atoms with Gasteiger partial charge >= 0.3 is 5.97 Å². The van der Waals surface area contributed by atoms with E-state index < -0.39 is 0 Å². The fourth-order valence-corrected chi connectivity index (χ4v) is 1.51. The van der Waals surface area contributed by atoms with Crippen molar-refractivity contribution < 1.29 is 14.3 Å². The number of carbonyl (C=O) groups is 2. The zero-order chi connectivity index (χ0) is 10.4. The fourth-order valence-electron chi connectivity index (χ4n) is 0.784. The monoisotopic (exact) mass is 208 g/mol. The highest BCUT2D eigenvalue weighted by atomic mass is 32.1. The Hall–Kier alpha value is -1.60. The van der Waals surface area contributed by atoms with Gasteiger partial charge in [0.15, 0.2) is 6.29 Å². The van der Waals surface area contributed by atoms with Crippen molar-refractivity contribution in [1.82, 2.24) is 0 Å². The van der Waals surface area contributed by atoms with Crippen molar-refractivity contribution in [3.63, 3.8) is 0 Å². The topological polar surface area (TPSA) is 43.4 Å². The van der Waals surface area contributed by atoms with Crippen LogP contribution in [-0.4, -0.2) is 19.4 Å². The zero-order valence-corrected chi connectivity index (χ0v) is 8.39. The van der Waals surface area contributed by atoms with Crippen LogP contribution < -0.4 is 0 Å². The molecule has 0 saturated carbocycles. The van der Waals surface area contributed by atoms with Crippen LogP contribution in [0.2, 0.25) is 0 Å². The van der Waals surface area contributed by atoms with E-state index in [1.165, 1.54) is 18.4 Å². The van der Waals surface area contributed by atoms with Crippen LogP contribution in [0, 0.1) is 11.8 Å². The lowest BCUT2D eigenvalue weighted by molar-refractivity contribution is -0.139. The molecule has 14 heavy (non-hydrogen) atoms. The SMILES string of the molecule is COC(=O)CC#Cc1cscc1C=O. The van der Waals surface area contributed by atoms with Gasteiger partial charge in [0, 0.05) is 21.9 Å². The van der Waals surface area contributed by atoms with Gasteiger partial charge in [-0.3, -0.25) is 9.59 Å². The Bertz CT molecular complexity index is 395. The van der Waals surface area contributed by atoms with Gasteiger partial charge in [0.2, 0.25) is 0 Å². The molecule has 4 heteroatoms. The molecular formula is C10H8O3S. The highest BCUT2D eigenvalue weighted by molar-refractivity contribution is 7.08. The molecule has 0 atom stereocenters. The van der Waals surface area contributed by atoms with Crippen molar-refractivity contribution in [2.45, 2.75) is 6.42 Å². The van der Waals surface area contributed by atoms with Crippen LogP contribution in [0.25, 0.3) is 0 Å². The number of carbonyl (C=O) groups excluding carboxylic acids is 2. The van der Waals surface area contributed by atoms with Crippen LogP contribution in [0.1, 0.15) is 22.3 Å². The second-order valence-electron chi connectivity index (χ2n) is 2.41. The Morgan fingerprint density at radius 2 is 2.43 bits per heavy atom. The lowest BCUT2D eigenvalue weighted by atomic mass is 10.2. The van der Waals surface area contributed by atoms with Gasteiger partial charge in [-0.2, -0.15) is 11.3 Å². The Balaban J connectivity index is 2.67. The summed E-state index contributed by atoms with van der Waals surface area (Å²) < 4.78 is 4.42. The van der Waals surface area contributed by atoms with Crippen molar-refractivity contribution in [1.29, 1.82) is 0 Å². The average Bonchev–Trinajstić information content (AvgIpc) is 2.65. The van der Waals surface area contributed by atoms with Crippen molar-refractivity contribution in [2.75, 3.05) is 7.11 Å². The second-order valence-corrected chi connectivity index (χ2v) is 3.16. The lowest BCUT2D eigenvalue weighted by Gasteiger charge is -1.89. The van der Waals surface area contributed by atoms with Gasteiger partial charge < -0.3 is 4.74 Å². The van der Waals surface area contributed by atoms with Crippen LogP contribution >= 0.6 is 11.3 Å². The molecule has 1 rings (SSSR count). The number of hydrogen-bond acceptors (Lipinski definition) is 4. The van der Waals surface area contributed by atoms with Crippen LogP contribution in [0.5, 0.6) is 0 Å². The first kappa shape index (κ1) is 10.5. The Kier molecular flexibility index (Phi) is 3.89. The highest BCUT2D eigenvalue weighted by Gasteiger charge is 1.99. The summed E-state index contributed by atoms with van der Waals surface area (Å²) in [5.41, 5.74) is 1.22. The summed E-state index contributed by atoms with van der Waals surface area (Å²) >= 11 is 1.41. The maximum atomic E-state index is 10.7. The molecule has 0 fully saturated rings. The predicted molar refractivity (Wildman–Crippen MR) is 53.2 cm³/mol. The third-order valence-corrected chi connectivity index (χ3v) is 2.26. The molecule has 0 unspecified atom stereocenters. The van der Waals surface area contributed by atoms with E-state index in [4.69, 9.17) is 0 Å². The van der Waals surface area contributed by atoms with E-state index >= 15 is 0 Å². The molecule has 0 amide bonds. The predicted octanol–water partition coefficient (Wildman–Crippen LogP) is 1.48. The molecule has 3 nitrogen and oxygen atoms in total. The maximum absolute atomic E-state index is 10.7. The molecule has 1 heterocycles. The van der Waals surface area contributed by atoms with E-state index in [1.807, 2.05) is 0 Å². The molecule has 0 aliphatic heterocycles. The molecule has 0 saturated heterocycles. The van der Waals surface area contributed by atoms with Crippen LogP contribution in [0.3, 0.4) is 0 Å². The summed E-state index contributed by atoms with van der Waals surface area (Å²) in [5.74, 6) is 5.00. The smallest absolute Gasteiger partial charge is 0.317 e. The summed E-state index contributed by atoms with van der Waals surface area (Å²) in [5, 5.41) is 3.49. The van der Waals surface area contributed by atoms with E-state index in [1.54, 1.807) is 10.8 Å². The van der Waals surface area contributed by atoms with E-state index in [2.05, 4.69) is 16.6 Å². The largest absolute Gasteiger partial charge is 0.468 e. The molecule has 1 aromatic heterocycles. The maximum Gasteiger partial charge on any atom is 0.317 e. The first-order chi connectivity index (χ1) is 6.77. The fraction of sp³-hybridized carbons (Fsp3) is 0.200.